The van der Waals surface area contributed by atoms with Crippen molar-refractivity contribution in [3.8, 4) is 0 Å². The molecule has 34 heavy (non-hydrogen) atoms. The molecule has 3 aromatic rings. The van der Waals surface area contributed by atoms with Crippen LogP contribution in [-0.2, 0) is 24.2 Å². The van der Waals surface area contributed by atoms with Gasteiger partial charge in [-0.15, -0.1) is 0 Å². The quantitative estimate of drug-likeness (QED) is 0.449. The molecular weight excluding hydrogens is 467 g/mol. The highest BCUT2D eigenvalue weighted by Gasteiger charge is 2.76. The van der Waals surface area contributed by atoms with Crippen LogP contribution < -0.4 is 5.32 Å². The molecule has 11 heteroatoms. The van der Waals surface area contributed by atoms with E-state index in [4.69, 9.17) is 0 Å². The first-order valence-electron chi connectivity index (χ1n) is 10.4. The molecule has 1 aliphatic heterocycles. The standard InChI is InChI=1S/C23H20F7N3O/c24-21(25,22(26,27)23(28,29)30)20(34)32-17-5-6-19-18(11-17)15(12-31-19)8-10-33-9-7-14-3-1-2-4-16(14)13-33/h1-6,11-12,31H,7-10,13H2,(H,32,34). The number of halogens is 7. The third kappa shape index (κ3) is 4.36. The fourth-order valence-electron chi connectivity index (χ4n) is 4.02. The molecule has 1 aromatic heterocycles. The van der Waals surface area contributed by atoms with Crippen LogP contribution in [0.3, 0.4) is 0 Å². The minimum absolute atomic E-state index is 0.317. The zero-order valence-corrected chi connectivity index (χ0v) is 17.7. The number of benzene rings is 2. The molecule has 0 fully saturated rings. The topological polar surface area (TPSA) is 48.1 Å². The summed E-state index contributed by atoms with van der Waals surface area (Å²) in [6.45, 7) is 2.33. The summed E-state index contributed by atoms with van der Waals surface area (Å²) < 4.78 is 90.7. The molecular formula is C23H20F7N3O. The van der Waals surface area contributed by atoms with E-state index in [-0.39, 0.29) is 5.69 Å². The Labute approximate surface area is 189 Å². The summed E-state index contributed by atoms with van der Waals surface area (Å²) in [6.07, 6.45) is -3.39. The summed E-state index contributed by atoms with van der Waals surface area (Å²) in [5, 5.41) is 2.04. The SMILES string of the molecule is O=C(Nc1ccc2[nH]cc(CCN3CCc4ccccc4C3)c2c1)C(F)(F)C(F)(F)C(F)(F)F. The Balaban J connectivity index is 1.47. The van der Waals surface area contributed by atoms with Crippen LogP contribution in [0.2, 0.25) is 0 Å². The normalized spacial score (nSPS) is 15.4. The molecule has 0 unspecified atom stereocenters. The summed E-state index contributed by atoms with van der Waals surface area (Å²) in [7, 11) is 0. The van der Waals surface area contributed by atoms with Crippen molar-refractivity contribution >= 4 is 22.5 Å². The Kier molecular flexibility index (Phi) is 6.09. The van der Waals surface area contributed by atoms with Crippen LogP contribution in [0.15, 0.2) is 48.7 Å². The van der Waals surface area contributed by atoms with E-state index in [9.17, 15) is 35.5 Å². The largest absolute Gasteiger partial charge is 0.460 e. The van der Waals surface area contributed by atoms with E-state index in [1.54, 1.807) is 6.20 Å². The first-order valence-corrected chi connectivity index (χ1v) is 10.4. The molecule has 1 amide bonds. The first-order chi connectivity index (χ1) is 15.9. The summed E-state index contributed by atoms with van der Waals surface area (Å²) in [4.78, 5) is 16.9. The molecule has 0 spiro atoms. The molecule has 2 aromatic carbocycles. The maximum atomic E-state index is 13.6. The van der Waals surface area contributed by atoms with Gasteiger partial charge in [0, 0.05) is 42.4 Å². The minimum atomic E-state index is -6.58. The number of amides is 1. The molecule has 2 N–H and O–H groups in total. The fourth-order valence-corrected chi connectivity index (χ4v) is 4.02. The monoisotopic (exact) mass is 487 g/mol. The lowest BCUT2D eigenvalue weighted by molar-refractivity contribution is -0.343. The van der Waals surface area contributed by atoms with Crippen LogP contribution >= 0.6 is 0 Å². The summed E-state index contributed by atoms with van der Waals surface area (Å²) in [5.41, 5.74) is 3.62. The number of carbonyl (C=O) groups is 1. The number of nitrogens with zero attached hydrogens (tertiary/aromatic N) is 1. The van der Waals surface area contributed by atoms with Crippen LogP contribution in [-0.4, -0.2) is 46.9 Å². The molecule has 0 saturated heterocycles. The fraction of sp³-hybridized carbons (Fsp3) is 0.348. The second kappa shape index (κ2) is 8.61. The number of hydrogen-bond donors (Lipinski definition) is 2. The Bertz CT molecular complexity index is 1200. The average Bonchev–Trinajstić information content (AvgIpc) is 3.18. The lowest BCUT2D eigenvalue weighted by Crippen LogP contribution is -2.57. The number of anilines is 1. The number of H-pyrrole nitrogens is 1. The number of fused-ring (bicyclic) bond motifs is 2. The molecule has 0 bridgehead atoms. The van der Waals surface area contributed by atoms with Crippen molar-refractivity contribution in [2.24, 2.45) is 0 Å². The van der Waals surface area contributed by atoms with Crippen molar-refractivity contribution in [1.82, 2.24) is 9.88 Å². The molecule has 2 heterocycles. The van der Waals surface area contributed by atoms with Gasteiger partial charge in [0.25, 0.3) is 0 Å². The van der Waals surface area contributed by atoms with E-state index in [0.29, 0.717) is 23.9 Å². The van der Waals surface area contributed by atoms with E-state index >= 15 is 0 Å². The average molecular weight is 487 g/mol. The van der Waals surface area contributed by atoms with Gasteiger partial charge >= 0.3 is 23.9 Å². The first kappa shape index (κ1) is 24.1. The highest BCUT2D eigenvalue weighted by Crippen LogP contribution is 2.47. The molecule has 1 aliphatic rings. The van der Waals surface area contributed by atoms with E-state index in [1.165, 1.54) is 28.6 Å². The summed E-state index contributed by atoms with van der Waals surface area (Å²) >= 11 is 0. The molecule has 0 saturated carbocycles. The number of nitrogens with one attached hydrogen (secondary N) is 2. The lowest BCUT2D eigenvalue weighted by Gasteiger charge is -2.28. The predicted molar refractivity (Wildman–Crippen MR) is 112 cm³/mol. The molecule has 4 nitrogen and oxygen atoms in total. The summed E-state index contributed by atoms with van der Waals surface area (Å²) in [5.74, 6) is -15.2. The van der Waals surface area contributed by atoms with Gasteiger partial charge in [-0.1, -0.05) is 24.3 Å². The third-order valence-electron chi connectivity index (χ3n) is 5.97. The van der Waals surface area contributed by atoms with Gasteiger partial charge in [-0.05, 0) is 47.7 Å². The molecule has 182 valence electrons. The van der Waals surface area contributed by atoms with Crippen molar-refractivity contribution in [3.05, 3.63) is 65.4 Å². The number of alkyl halides is 7. The van der Waals surface area contributed by atoms with Gasteiger partial charge < -0.3 is 10.3 Å². The Morgan fingerprint density at radius 2 is 1.71 bits per heavy atom. The van der Waals surface area contributed by atoms with Crippen molar-refractivity contribution in [3.63, 3.8) is 0 Å². The van der Waals surface area contributed by atoms with Crippen molar-refractivity contribution < 1.29 is 35.5 Å². The number of aromatic nitrogens is 1. The van der Waals surface area contributed by atoms with E-state index in [0.717, 1.165) is 31.1 Å². The zero-order chi connectivity index (χ0) is 24.7. The van der Waals surface area contributed by atoms with Gasteiger partial charge in [0.15, 0.2) is 0 Å². The van der Waals surface area contributed by atoms with Crippen LogP contribution in [0.25, 0.3) is 10.9 Å². The maximum absolute atomic E-state index is 13.6. The van der Waals surface area contributed by atoms with E-state index in [2.05, 4.69) is 22.0 Å². The van der Waals surface area contributed by atoms with Gasteiger partial charge in [0.2, 0.25) is 0 Å². The van der Waals surface area contributed by atoms with Gasteiger partial charge in [0.1, 0.15) is 0 Å². The molecule has 0 aliphatic carbocycles. The number of rotatable bonds is 6. The summed E-state index contributed by atoms with van der Waals surface area (Å²) in [6, 6.07) is 12.0. The van der Waals surface area contributed by atoms with Gasteiger partial charge in [-0.2, -0.15) is 30.7 Å². The maximum Gasteiger partial charge on any atom is 0.460 e. The third-order valence-corrected chi connectivity index (χ3v) is 5.97. The highest BCUT2D eigenvalue weighted by molar-refractivity contribution is 5.99. The van der Waals surface area contributed by atoms with Gasteiger partial charge in [0.05, 0.1) is 0 Å². The van der Waals surface area contributed by atoms with Gasteiger partial charge in [-0.3, -0.25) is 9.69 Å². The van der Waals surface area contributed by atoms with E-state index < -0.39 is 23.9 Å². The zero-order valence-electron chi connectivity index (χ0n) is 17.7. The van der Waals surface area contributed by atoms with Crippen LogP contribution in [0.5, 0.6) is 0 Å². The minimum Gasteiger partial charge on any atom is -0.361 e. The number of hydrogen-bond acceptors (Lipinski definition) is 2. The van der Waals surface area contributed by atoms with Crippen LogP contribution in [0, 0.1) is 0 Å². The molecule has 0 radical (unpaired) electrons. The van der Waals surface area contributed by atoms with Crippen molar-refractivity contribution in [2.45, 2.75) is 37.4 Å². The van der Waals surface area contributed by atoms with Crippen LogP contribution in [0.4, 0.5) is 36.4 Å². The molecule has 4 rings (SSSR count). The van der Waals surface area contributed by atoms with Crippen molar-refractivity contribution in [2.75, 3.05) is 18.4 Å². The smallest absolute Gasteiger partial charge is 0.361 e. The second-order valence-corrected chi connectivity index (χ2v) is 8.22. The Hall–Kier alpha value is -3.08. The number of carbonyl (C=O) groups excluding carboxylic acids is 1. The number of aromatic amines is 1. The predicted octanol–water partition coefficient (Wildman–Crippen LogP) is 5.54. The second-order valence-electron chi connectivity index (χ2n) is 8.22. The van der Waals surface area contributed by atoms with E-state index in [1.807, 2.05) is 12.1 Å². The van der Waals surface area contributed by atoms with Crippen LogP contribution in [0.1, 0.15) is 16.7 Å². The lowest BCUT2D eigenvalue weighted by atomic mass is 9.99. The Morgan fingerprint density at radius 3 is 2.41 bits per heavy atom. The Morgan fingerprint density at radius 1 is 1.00 bits per heavy atom. The highest BCUT2D eigenvalue weighted by atomic mass is 19.4. The molecule has 0 atom stereocenters. The van der Waals surface area contributed by atoms with Gasteiger partial charge in [-0.25, -0.2) is 0 Å². The van der Waals surface area contributed by atoms with Crippen molar-refractivity contribution in [1.29, 1.82) is 0 Å².